The number of aliphatic hydroxyl groups excluding tert-OH is 1. The van der Waals surface area contributed by atoms with Crippen molar-refractivity contribution < 1.29 is 22.3 Å². The minimum absolute atomic E-state index is 0.00926. The molecule has 0 aliphatic carbocycles. The van der Waals surface area contributed by atoms with E-state index in [1.807, 2.05) is 0 Å². The third-order valence-electron chi connectivity index (χ3n) is 4.70. The summed E-state index contributed by atoms with van der Waals surface area (Å²) in [4.78, 5) is 0. The lowest BCUT2D eigenvalue weighted by Crippen LogP contribution is -2.42. The average molecular weight is 558 g/mol. The Labute approximate surface area is 186 Å². The van der Waals surface area contributed by atoms with E-state index in [1.54, 1.807) is 18.2 Å². The van der Waals surface area contributed by atoms with Crippen LogP contribution in [0.2, 0.25) is 5.02 Å². The van der Waals surface area contributed by atoms with Gasteiger partial charge in [0.25, 0.3) is 0 Å². The molecule has 1 aliphatic rings. The SMILES string of the molecule is O=S(=O)(Nc1ccc(F)c(F)c1Nc1ccc(I)cc1Cl)N1CCC(CO)CC1. The third-order valence-corrected chi connectivity index (χ3v) is 7.20. The van der Waals surface area contributed by atoms with Crippen molar-refractivity contribution >= 4 is 61.5 Å². The van der Waals surface area contributed by atoms with Gasteiger partial charge in [-0.05, 0) is 71.7 Å². The first-order valence-corrected chi connectivity index (χ1v) is 11.7. The molecule has 29 heavy (non-hydrogen) atoms. The maximum Gasteiger partial charge on any atom is 0.301 e. The number of nitrogens with one attached hydrogen (secondary N) is 2. The third kappa shape index (κ3) is 5.29. The van der Waals surface area contributed by atoms with E-state index < -0.39 is 21.8 Å². The molecule has 2 aromatic rings. The summed E-state index contributed by atoms with van der Waals surface area (Å²) in [5, 5.41) is 12.2. The zero-order chi connectivity index (χ0) is 21.2. The first-order chi connectivity index (χ1) is 13.7. The highest BCUT2D eigenvalue weighted by atomic mass is 127. The van der Waals surface area contributed by atoms with E-state index in [0.717, 1.165) is 15.7 Å². The minimum atomic E-state index is -3.99. The molecule has 0 bridgehead atoms. The van der Waals surface area contributed by atoms with Gasteiger partial charge in [-0.25, -0.2) is 8.78 Å². The maximum absolute atomic E-state index is 14.5. The summed E-state index contributed by atoms with van der Waals surface area (Å²) in [7, 11) is -3.99. The van der Waals surface area contributed by atoms with E-state index in [-0.39, 0.29) is 42.0 Å². The van der Waals surface area contributed by atoms with Crippen LogP contribution in [0.5, 0.6) is 0 Å². The largest absolute Gasteiger partial charge is 0.396 e. The molecule has 0 atom stereocenters. The lowest BCUT2D eigenvalue weighted by molar-refractivity contribution is 0.170. The molecule has 158 valence electrons. The summed E-state index contributed by atoms with van der Waals surface area (Å²) in [6.07, 6.45) is 1.05. The van der Waals surface area contributed by atoms with E-state index in [0.29, 0.717) is 18.5 Å². The van der Waals surface area contributed by atoms with Crippen molar-refractivity contribution in [1.29, 1.82) is 0 Å². The van der Waals surface area contributed by atoms with Crippen LogP contribution >= 0.6 is 34.2 Å². The molecule has 3 rings (SSSR count). The standard InChI is InChI=1S/C18H19ClF2IN3O3S/c19-13-9-12(22)1-3-15(13)23-18-16(4-2-14(20)17(18)21)24-29(27,28)25-7-5-11(10-26)6-8-25/h1-4,9,11,23-24,26H,5-8,10H2. The van der Waals surface area contributed by atoms with E-state index in [4.69, 9.17) is 11.6 Å². The van der Waals surface area contributed by atoms with Gasteiger partial charge >= 0.3 is 10.2 Å². The Balaban J connectivity index is 1.88. The Hall–Kier alpha value is -1.21. The van der Waals surface area contributed by atoms with Crippen LogP contribution in [0, 0.1) is 21.1 Å². The molecule has 1 aliphatic heterocycles. The highest BCUT2D eigenvalue weighted by molar-refractivity contribution is 14.1. The Kier molecular flexibility index (Phi) is 7.20. The number of aliphatic hydroxyl groups is 1. The first kappa shape index (κ1) is 22.5. The van der Waals surface area contributed by atoms with Crippen molar-refractivity contribution in [3.05, 3.63) is 50.6 Å². The van der Waals surface area contributed by atoms with Gasteiger partial charge in [-0.1, -0.05) is 11.6 Å². The number of halogens is 4. The molecule has 3 N–H and O–H groups in total. The summed E-state index contributed by atoms with van der Waals surface area (Å²) in [6, 6.07) is 6.95. The highest BCUT2D eigenvalue weighted by Crippen LogP contribution is 2.34. The Morgan fingerprint density at radius 3 is 2.45 bits per heavy atom. The number of anilines is 3. The van der Waals surface area contributed by atoms with Crippen LogP contribution in [0.1, 0.15) is 12.8 Å². The predicted molar refractivity (Wildman–Crippen MR) is 118 cm³/mol. The molecule has 0 radical (unpaired) electrons. The van der Waals surface area contributed by atoms with Crippen molar-refractivity contribution in [2.24, 2.45) is 5.92 Å². The van der Waals surface area contributed by atoms with Crippen LogP contribution in [0.4, 0.5) is 25.8 Å². The van der Waals surface area contributed by atoms with Crippen LogP contribution in [0.15, 0.2) is 30.3 Å². The van der Waals surface area contributed by atoms with Gasteiger partial charge in [0.2, 0.25) is 0 Å². The van der Waals surface area contributed by atoms with Gasteiger partial charge in [-0.2, -0.15) is 12.7 Å². The molecule has 0 spiro atoms. The molecule has 0 amide bonds. The van der Waals surface area contributed by atoms with E-state index in [1.165, 1.54) is 4.31 Å². The number of benzene rings is 2. The average Bonchev–Trinajstić information content (AvgIpc) is 2.69. The zero-order valence-corrected chi connectivity index (χ0v) is 18.9. The van der Waals surface area contributed by atoms with Crippen LogP contribution in [0.3, 0.4) is 0 Å². The van der Waals surface area contributed by atoms with Gasteiger partial charge in [-0.15, -0.1) is 0 Å². The summed E-state index contributed by atoms with van der Waals surface area (Å²) >= 11 is 8.21. The fraction of sp³-hybridized carbons (Fsp3) is 0.333. The first-order valence-electron chi connectivity index (χ1n) is 8.80. The maximum atomic E-state index is 14.5. The quantitative estimate of drug-likeness (QED) is 0.462. The summed E-state index contributed by atoms with van der Waals surface area (Å²) in [5.41, 5.74) is -0.189. The second-order valence-electron chi connectivity index (χ2n) is 6.67. The number of hydrogen-bond donors (Lipinski definition) is 3. The topological polar surface area (TPSA) is 81.7 Å². The summed E-state index contributed by atoms with van der Waals surface area (Å²) in [5.74, 6) is -2.29. The van der Waals surface area contributed by atoms with Gasteiger partial charge in [0.1, 0.15) is 5.69 Å². The highest BCUT2D eigenvalue weighted by Gasteiger charge is 2.29. The molecule has 1 saturated heterocycles. The molecule has 11 heteroatoms. The van der Waals surface area contributed by atoms with Crippen molar-refractivity contribution in [3.63, 3.8) is 0 Å². The molecule has 2 aromatic carbocycles. The summed E-state index contributed by atoms with van der Waals surface area (Å²) in [6.45, 7) is 0.473. The van der Waals surface area contributed by atoms with Gasteiger partial charge in [0.05, 0.1) is 16.4 Å². The van der Waals surface area contributed by atoms with E-state index in [9.17, 15) is 22.3 Å². The second kappa shape index (κ2) is 9.29. The van der Waals surface area contributed by atoms with Gasteiger partial charge < -0.3 is 10.4 Å². The smallest absolute Gasteiger partial charge is 0.301 e. The van der Waals surface area contributed by atoms with Crippen LogP contribution < -0.4 is 10.0 Å². The zero-order valence-electron chi connectivity index (χ0n) is 15.1. The molecular formula is C18H19ClF2IN3O3S. The monoisotopic (exact) mass is 557 g/mol. The molecule has 0 saturated carbocycles. The van der Waals surface area contributed by atoms with Crippen molar-refractivity contribution in [1.82, 2.24) is 4.31 Å². The molecule has 6 nitrogen and oxygen atoms in total. The number of hydrogen-bond acceptors (Lipinski definition) is 4. The fourth-order valence-corrected chi connectivity index (χ4v) is 5.19. The number of piperidine rings is 1. The van der Waals surface area contributed by atoms with E-state index in [2.05, 4.69) is 32.6 Å². The fourth-order valence-electron chi connectivity index (χ4n) is 3.02. The number of nitrogens with zero attached hydrogens (tertiary/aromatic N) is 1. The van der Waals surface area contributed by atoms with Crippen molar-refractivity contribution in [2.75, 3.05) is 29.7 Å². The molecule has 0 aromatic heterocycles. The van der Waals surface area contributed by atoms with Gasteiger partial charge in [0.15, 0.2) is 11.6 Å². The Morgan fingerprint density at radius 1 is 1.17 bits per heavy atom. The summed E-state index contributed by atoms with van der Waals surface area (Å²) < 4.78 is 58.2. The second-order valence-corrected chi connectivity index (χ2v) is 9.99. The van der Waals surface area contributed by atoms with E-state index >= 15 is 0 Å². The van der Waals surface area contributed by atoms with Crippen LogP contribution in [-0.4, -0.2) is 37.5 Å². The predicted octanol–water partition coefficient (Wildman–Crippen LogP) is 4.33. The lowest BCUT2D eigenvalue weighted by Gasteiger charge is -2.30. The van der Waals surface area contributed by atoms with Gasteiger partial charge in [0, 0.05) is 23.3 Å². The molecule has 1 heterocycles. The molecule has 0 unspecified atom stereocenters. The van der Waals surface area contributed by atoms with Crippen molar-refractivity contribution in [2.45, 2.75) is 12.8 Å². The number of rotatable bonds is 6. The Bertz CT molecular complexity index is 1000. The van der Waals surface area contributed by atoms with Crippen LogP contribution in [0.25, 0.3) is 0 Å². The molecular weight excluding hydrogens is 539 g/mol. The van der Waals surface area contributed by atoms with Gasteiger partial charge in [-0.3, -0.25) is 4.72 Å². The Morgan fingerprint density at radius 2 is 1.83 bits per heavy atom. The van der Waals surface area contributed by atoms with Crippen LogP contribution in [-0.2, 0) is 10.2 Å². The lowest BCUT2D eigenvalue weighted by atomic mass is 10.00. The molecule has 1 fully saturated rings. The van der Waals surface area contributed by atoms with Crippen molar-refractivity contribution in [3.8, 4) is 0 Å². The minimum Gasteiger partial charge on any atom is -0.396 e. The normalized spacial score (nSPS) is 16.0.